The summed E-state index contributed by atoms with van der Waals surface area (Å²) in [6, 6.07) is 18.4. The van der Waals surface area contributed by atoms with Gasteiger partial charge in [0.1, 0.15) is 17.3 Å². The van der Waals surface area contributed by atoms with Crippen molar-refractivity contribution in [3.05, 3.63) is 84.1 Å². The minimum atomic E-state index is -0.338. The van der Waals surface area contributed by atoms with Crippen LogP contribution in [0, 0.1) is 17.6 Å². The maximum Gasteiger partial charge on any atom is 0.268 e. The molecule has 5 rings (SSSR count). The van der Waals surface area contributed by atoms with Crippen LogP contribution in [0.4, 0.5) is 8.78 Å². The van der Waals surface area contributed by atoms with Crippen molar-refractivity contribution < 1.29 is 13.6 Å². The molecule has 4 aromatic rings. The molecular formula is C27H26F2N4O. The number of hydrogen-bond acceptors (Lipinski definition) is 3. The summed E-state index contributed by atoms with van der Waals surface area (Å²) in [6.45, 7) is 1.98. The normalized spacial score (nSPS) is 17.9. The number of carbonyl (C=O) groups excluding carboxylic acids is 1. The van der Waals surface area contributed by atoms with Crippen molar-refractivity contribution in [2.24, 2.45) is 11.7 Å². The summed E-state index contributed by atoms with van der Waals surface area (Å²) in [7, 11) is 0. The highest BCUT2D eigenvalue weighted by Gasteiger charge is 2.25. The molecule has 1 saturated heterocycles. The molecule has 1 aromatic heterocycles. The summed E-state index contributed by atoms with van der Waals surface area (Å²) in [5.74, 6) is -0.432. The van der Waals surface area contributed by atoms with E-state index in [4.69, 9.17) is 5.73 Å². The topological polar surface area (TPSA) is 82.9 Å². The predicted molar refractivity (Wildman–Crippen MR) is 130 cm³/mol. The highest BCUT2D eigenvalue weighted by Crippen LogP contribution is 2.35. The van der Waals surface area contributed by atoms with E-state index >= 15 is 0 Å². The zero-order chi connectivity index (χ0) is 23.7. The maximum absolute atomic E-state index is 13.6. The van der Waals surface area contributed by atoms with E-state index in [9.17, 15) is 13.6 Å². The summed E-state index contributed by atoms with van der Waals surface area (Å²) < 4.78 is 26.9. The number of rotatable bonds is 6. The highest BCUT2D eigenvalue weighted by molar-refractivity contribution is 6.10. The SMILES string of the molecule is NC[C@@H]1CN[C@H](CNC(=O)c2[nH]c3cc(-c4ccc(F)cc4)ccc3c2-c2ccc(F)cc2)C1. The Morgan fingerprint density at radius 3 is 2.24 bits per heavy atom. The van der Waals surface area contributed by atoms with E-state index in [1.807, 2.05) is 18.2 Å². The van der Waals surface area contributed by atoms with Gasteiger partial charge in [-0.15, -0.1) is 0 Å². The van der Waals surface area contributed by atoms with Gasteiger partial charge in [-0.05, 0) is 72.5 Å². The van der Waals surface area contributed by atoms with E-state index in [0.29, 0.717) is 24.7 Å². The van der Waals surface area contributed by atoms with Gasteiger partial charge in [-0.3, -0.25) is 4.79 Å². The van der Waals surface area contributed by atoms with Crippen molar-refractivity contribution in [2.75, 3.05) is 19.6 Å². The van der Waals surface area contributed by atoms with Crippen LogP contribution in [0.5, 0.6) is 0 Å². The van der Waals surface area contributed by atoms with Crippen LogP contribution in [0.25, 0.3) is 33.2 Å². The summed E-state index contributed by atoms with van der Waals surface area (Å²) in [5, 5.41) is 7.28. The molecule has 174 valence electrons. The lowest BCUT2D eigenvalue weighted by Crippen LogP contribution is -2.37. The largest absolute Gasteiger partial charge is 0.350 e. The molecule has 5 N–H and O–H groups in total. The number of H-pyrrole nitrogens is 1. The average molecular weight is 461 g/mol. The van der Waals surface area contributed by atoms with Crippen molar-refractivity contribution in [3.63, 3.8) is 0 Å². The Hall–Kier alpha value is -3.55. The molecule has 0 bridgehead atoms. The second kappa shape index (κ2) is 9.37. The van der Waals surface area contributed by atoms with Crippen molar-refractivity contribution in [1.29, 1.82) is 0 Å². The Morgan fingerprint density at radius 2 is 1.59 bits per heavy atom. The fourth-order valence-electron chi connectivity index (χ4n) is 4.65. The van der Waals surface area contributed by atoms with E-state index in [2.05, 4.69) is 15.6 Å². The molecule has 0 radical (unpaired) electrons. The number of nitrogens with two attached hydrogens (primary N) is 1. The van der Waals surface area contributed by atoms with Gasteiger partial charge >= 0.3 is 0 Å². The number of hydrogen-bond donors (Lipinski definition) is 4. The first kappa shape index (κ1) is 22.3. The van der Waals surface area contributed by atoms with E-state index in [1.54, 1.807) is 24.3 Å². The van der Waals surface area contributed by atoms with Crippen molar-refractivity contribution in [1.82, 2.24) is 15.6 Å². The molecule has 2 heterocycles. The Balaban J connectivity index is 1.50. The number of aromatic nitrogens is 1. The zero-order valence-electron chi connectivity index (χ0n) is 18.6. The Kier molecular flexibility index (Phi) is 6.13. The number of benzene rings is 3. The lowest BCUT2D eigenvalue weighted by molar-refractivity contribution is 0.0946. The van der Waals surface area contributed by atoms with E-state index in [-0.39, 0.29) is 23.6 Å². The molecule has 7 heteroatoms. The lowest BCUT2D eigenvalue weighted by atomic mass is 9.99. The Bertz CT molecular complexity index is 1320. The summed E-state index contributed by atoms with van der Waals surface area (Å²) in [5.41, 5.74) is 10.2. The van der Waals surface area contributed by atoms with Crippen LogP contribution < -0.4 is 16.4 Å². The number of aromatic amines is 1. The third-order valence-electron chi connectivity index (χ3n) is 6.49. The van der Waals surface area contributed by atoms with Gasteiger partial charge in [0.25, 0.3) is 5.91 Å². The summed E-state index contributed by atoms with van der Waals surface area (Å²) in [4.78, 5) is 16.5. The van der Waals surface area contributed by atoms with Gasteiger partial charge < -0.3 is 21.4 Å². The minimum absolute atomic E-state index is 0.182. The van der Waals surface area contributed by atoms with E-state index < -0.39 is 0 Å². The number of fused-ring (bicyclic) bond motifs is 1. The molecule has 3 aromatic carbocycles. The van der Waals surface area contributed by atoms with Gasteiger partial charge in [0.15, 0.2) is 0 Å². The third-order valence-corrected chi connectivity index (χ3v) is 6.49. The second-order valence-corrected chi connectivity index (χ2v) is 8.80. The fourth-order valence-corrected chi connectivity index (χ4v) is 4.65. The number of nitrogens with one attached hydrogen (secondary N) is 3. The van der Waals surface area contributed by atoms with Gasteiger partial charge in [0.2, 0.25) is 0 Å². The molecule has 0 spiro atoms. The van der Waals surface area contributed by atoms with Gasteiger partial charge in [0.05, 0.1) is 0 Å². The lowest BCUT2D eigenvalue weighted by Gasteiger charge is -2.12. The van der Waals surface area contributed by atoms with Crippen molar-refractivity contribution >= 4 is 16.8 Å². The minimum Gasteiger partial charge on any atom is -0.350 e. The number of carbonyl (C=O) groups is 1. The monoisotopic (exact) mass is 460 g/mol. The second-order valence-electron chi connectivity index (χ2n) is 8.80. The van der Waals surface area contributed by atoms with Crippen LogP contribution in [0.3, 0.4) is 0 Å². The first-order valence-corrected chi connectivity index (χ1v) is 11.4. The van der Waals surface area contributed by atoms with Crippen molar-refractivity contribution in [3.8, 4) is 22.3 Å². The molecule has 2 atom stereocenters. The van der Waals surface area contributed by atoms with Gasteiger partial charge in [-0.2, -0.15) is 0 Å². The van der Waals surface area contributed by atoms with Crippen LogP contribution in [0.2, 0.25) is 0 Å². The first-order valence-electron chi connectivity index (χ1n) is 11.4. The fraction of sp³-hybridized carbons (Fsp3) is 0.222. The van der Waals surface area contributed by atoms with Crippen LogP contribution in [-0.4, -0.2) is 36.6 Å². The molecule has 1 aliphatic heterocycles. The Labute approximate surface area is 196 Å². The molecule has 1 aliphatic rings. The van der Waals surface area contributed by atoms with Gasteiger partial charge in [0, 0.05) is 29.1 Å². The number of amides is 1. The maximum atomic E-state index is 13.6. The van der Waals surface area contributed by atoms with Crippen molar-refractivity contribution in [2.45, 2.75) is 12.5 Å². The average Bonchev–Trinajstić information content (AvgIpc) is 3.48. The molecule has 34 heavy (non-hydrogen) atoms. The zero-order valence-corrected chi connectivity index (χ0v) is 18.6. The molecule has 0 unspecified atom stereocenters. The molecule has 0 aliphatic carbocycles. The molecule has 1 fully saturated rings. The van der Waals surface area contributed by atoms with Gasteiger partial charge in [-0.1, -0.05) is 36.4 Å². The van der Waals surface area contributed by atoms with E-state index in [1.165, 1.54) is 24.3 Å². The molecule has 5 nitrogen and oxygen atoms in total. The molecular weight excluding hydrogens is 434 g/mol. The standard InChI is InChI=1S/C27H26F2N4O/c28-20-6-1-17(2-7-20)19-5-10-23-24(12-19)33-26(25(23)18-3-8-21(29)9-4-18)27(34)32-15-22-11-16(13-30)14-31-22/h1-10,12,16,22,31,33H,11,13-15,30H2,(H,32,34)/t16-,22+/m1/s1. The van der Waals surface area contributed by atoms with Crippen LogP contribution in [0.1, 0.15) is 16.9 Å². The molecule has 1 amide bonds. The van der Waals surface area contributed by atoms with E-state index in [0.717, 1.165) is 46.1 Å². The summed E-state index contributed by atoms with van der Waals surface area (Å²) >= 11 is 0. The number of halogens is 2. The molecule has 0 saturated carbocycles. The smallest absolute Gasteiger partial charge is 0.268 e. The van der Waals surface area contributed by atoms with Crippen LogP contribution in [-0.2, 0) is 0 Å². The first-order chi connectivity index (χ1) is 16.5. The van der Waals surface area contributed by atoms with Gasteiger partial charge in [-0.25, -0.2) is 8.78 Å². The quantitative estimate of drug-likeness (QED) is 0.343. The predicted octanol–water partition coefficient (Wildman–Crippen LogP) is 4.45. The highest BCUT2D eigenvalue weighted by atomic mass is 19.1. The van der Waals surface area contributed by atoms with Crippen LogP contribution in [0.15, 0.2) is 66.7 Å². The third kappa shape index (κ3) is 4.44. The Morgan fingerprint density at radius 1 is 0.941 bits per heavy atom. The summed E-state index contributed by atoms with van der Waals surface area (Å²) in [6.07, 6.45) is 0.926. The van der Waals surface area contributed by atoms with Crippen LogP contribution >= 0.6 is 0 Å².